The molecule has 0 fully saturated rings. The molecule has 5 aromatic carbocycles. The van der Waals surface area contributed by atoms with E-state index in [0.29, 0.717) is 5.56 Å². The first-order chi connectivity index (χ1) is 23.0. The predicted molar refractivity (Wildman–Crippen MR) is 191 cm³/mol. The van der Waals surface area contributed by atoms with Gasteiger partial charge in [-0.1, -0.05) is 98.8 Å². The van der Waals surface area contributed by atoms with Crippen LogP contribution in [-0.2, 0) is 5.41 Å². The molecule has 0 saturated heterocycles. The highest BCUT2D eigenvalue weighted by Crippen LogP contribution is 2.50. The molecule has 0 spiro atoms. The highest BCUT2D eigenvalue weighted by atomic mass is 14.7. The summed E-state index contributed by atoms with van der Waals surface area (Å²) in [6.07, 6.45) is 3.73. The van der Waals surface area contributed by atoms with Gasteiger partial charge in [-0.25, -0.2) is 4.98 Å². The molecular formula is C44H31N3. The number of fused-ring (bicyclic) bond motifs is 3. The van der Waals surface area contributed by atoms with E-state index in [2.05, 4.69) is 134 Å². The zero-order chi connectivity index (χ0) is 32.0. The van der Waals surface area contributed by atoms with Crippen LogP contribution in [-0.4, -0.2) is 9.97 Å². The Labute approximate surface area is 275 Å². The quantitative estimate of drug-likeness (QED) is 0.197. The molecule has 0 saturated carbocycles. The molecule has 0 bridgehead atoms. The summed E-state index contributed by atoms with van der Waals surface area (Å²) in [4.78, 5) is 9.69. The molecule has 0 unspecified atom stereocenters. The lowest BCUT2D eigenvalue weighted by Gasteiger charge is -2.22. The summed E-state index contributed by atoms with van der Waals surface area (Å²) in [6, 6.07) is 51.2. The van der Waals surface area contributed by atoms with Crippen LogP contribution < -0.4 is 0 Å². The molecule has 0 radical (unpaired) electrons. The van der Waals surface area contributed by atoms with Gasteiger partial charge in [-0.2, -0.15) is 5.26 Å². The maximum absolute atomic E-state index is 9.59. The van der Waals surface area contributed by atoms with Crippen molar-refractivity contribution in [2.45, 2.75) is 19.3 Å². The molecule has 1 aliphatic rings. The Morgan fingerprint density at radius 3 is 1.74 bits per heavy atom. The van der Waals surface area contributed by atoms with Gasteiger partial charge in [-0.15, -0.1) is 0 Å². The number of nitriles is 1. The Bertz CT molecular complexity index is 2260. The van der Waals surface area contributed by atoms with E-state index in [-0.39, 0.29) is 5.41 Å². The first kappa shape index (κ1) is 28.4. The van der Waals surface area contributed by atoms with Gasteiger partial charge >= 0.3 is 0 Å². The Hall–Kier alpha value is -6.11. The standard InChI is InChI=1S/C44H31N3/c1-44(2)40-20-29(27-45)15-17-38(40)39-18-16-32(24-41(39)44)34-21-35(33-14-9-19-46-28-33)23-37(22-34)43-26-36(30-10-5-3-6-11-30)25-42(47-43)31-12-7-4-8-13-31/h3-26,28H,1-2H3. The van der Waals surface area contributed by atoms with E-state index in [9.17, 15) is 5.26 Å². The molecule has 0 N–H and O–H groups in total. The fraction of sp³-hybridized carbons (Fsp3) is 0.0682. The van der Waals surface area contributed by atoms with Crippen LogP contribution >= 0.6 is 0 Å². The molecule has 8 rings (SSSR count). The van der Waals surface area contributed by atoms with Gasteiger partial charge in [-0.3, -0.25) is 4.98 Å². The van der Waals surface area contributed by atoms with Gasteiger partial charge in [0.15, 0.2) is 0 Å². The van der Waals surface area contributed by atoms with Crippen LogP contribution in [0, 0.1) is 11.3 Å². The van der Waals surface area contributed by atoms with Crippen molar-refractivity contribution in [2.24, 2.45) is 0 Å². The Balaban J connectivity index is 1.32. The van der Waals surface area contributed by atoms with E-state index in [1.165, 1.54) is 22.3 Å². The normalized spacial score (nSPS) is 12.6. The van der Waals surface area contributed by atoms with Crippen molar-refractivity contribution in [3.05, 3.63) is 169 Å². The molecule has 0 atom stereocenters. The number of aromatic nitrogens is 2. The molecule has 7 aromatic rings. The minimum atomic E-state index is -0.229. The van der Waals surface area contributed by atoms with Crippen molar-refractivity contribution in [3.8, 4) is 73.1 Å². The summed E-state index contributed by atoms with van der Waals surface area (Å²) in [5.41, 5.74) is 16.0. The second kappa shape index (κ2) is 11.4. The zero-order valence-electron chi connectivity index (χ0n) is 26.3. The average Bonchev–Trinajstić information content (AvgIpc) is 3.37. The van der Waals surface area contributed by atoms with Crippen molar-refractivity contribution in [1.29, 1.82) is 5.26 Å². The molecule has 222 valence electrons. The van der Waals surface area contributed by atoms with Crippen LogP contribution in [0.3, 0.4) is 0 Å². The Morgan fingerprint density at radius 2 is 1.06 bits per heavy atom. The Kier molecular flexibility index (Phi) is 6.85. The van der Waals surface area contributed by atoms with E-state index in [1.807, 2.05) is 42.7 Å². The minimum absolute atomic E-state index is 0.229. The molecule has 3 nitrogen and oxygen atoms in total. The second-order valence-electron chi connectivity index (χ2n) is 12.7. The Morgan fingerprint density at radius 1 is 0.489 bits per heavy atom. The third kappa shape index (κ3) is 5.11. The molecule has 2 aromatic heterocycles. The fourth-order valence-corrected chi connectivity index (χ4v) is 6.86. The maximum atomic E-state index is 9.59. The molecular weight excluding hydrogens is 571 g/mol. The van der Waals surface area contributed by atoms with Gasteiger partial charge in [0.25, 0.3) is 0 Å². The third-order valence-electron chi connectivity index (χ3n) is 9.36. The van der Waals surface area contributed by atoms with Crippen molar-refractivity contribution >= 4 is 0 Å². The van der Waals surface area contributed by atoms with Crippen molar-refractivity contribution < 1.29 is 0 Å². The highest BCUT2D eigenvalue weighted by molar-refractivity contribution is 5.87. The number of hydrogen-bond acceptors (Lipinski definition) is 3. The number of hydrogen-bond donors (Lipinski definition) is 0. The number of benzene rings is 5. The van der Waals surface area contributed by atoms with Gasteiger partial charge in [0.05, 0.1) is 23.0 Å². The zero-order valence-corrected chi connectivity index (χ0v) is 26.3. The van der Waals surface area contributed by atoms with Gasteiger partial charge in [0.2, 0.25) is 0 Å². The number of pyridine rings is 2. The lowest BCUT2D eigenvalue weighted by atomic mass is 9.81. The average molecular weight is 602 g/mol. The van der Waals surface area contributed by atoms with Gasteiger partial charge < -0.3 is 0 Å². The van der Waals surface area contributed by atoms with Crippen LogP contribution in [0.4, 0.5) is 0 Å². The number of nitrogens with zero attached hydrogens (tertiary/aromatic N) is 3. The molecule has 0 aliphatic heterocycles. The lowest BCUT2D eigenvalue weighted by Crippen LogP contribution is -2.15. The molecule has 0 amide bonds. The van der Waals surface area contributed by atoms with Gasteiger partial charge in [0.1, 0.15) is 0 Å². The summed E-state index contributed by atoms with van der Waals surface area (Å²) in [6.45, 7) is 4.51. The van der Waals surface area contributed by atoms with E-state index in [4.69, 9.17) is 4.98 Å². The van der Waals surface area contributed by atoms with Gasteiger partial charge in [-0.05, 0) is 105 Å². The first-order valence-corrected chi connectivity index (χ1v) is 15.9. The van der Waals surface area contributed by atoms with Crippen LogP contribution in [0.5, 0.6) is 0 Å². The molecule has 3 heteroatoms. The summed E-state index contributed by atoms with van der Waals surface area (Å²) in [5.74, 6) is 0. The summed E-state index contributed by atoms with van der Waals surface area (Å²) >= 11 is 0. The minimum Gasteiger partial charge on any atom is -0.264 e. The monoisotopic (exact) mass is 601 g/mol. The lowest BCUT2D eigenvalue weighted by molar-refractivity contribution is 0.660. The highest BCUT2D eigenvalue weighted by Gasteiger charge is 2.35. The molecule has 47 heavy (non-hydrogen) atoms. The van der Waals surface area contributed by atoms with Gasteiger partial charge in [0, 0.05) is 34.5 Å². The SMILES string of the molecule is CC1(C)c2cc(C#N)ccc2-c2ccc(-c3cc(-c4cccnc4)cc(-c4cc(-c5ccccc5)cc(-c5ccccc5)n4)c3)cc21. The first-order valence-electron chi connectivity index (χ1n) is 15.9. The predicted octanol–water partition coefficient (Wildman–Crippen LogP) is 11.0. The molecule has 1 aliphatic carbocycles. The van der Waals surface area contributed by atoms with E-state index in [1.54, 1.807) is 0 Å². The van der Waals surface area contributed by atoms with Crippen molar-refractivity contribution in [2.75, 3.05) is 0 Å². The summed E-state index contributed by atoms with van der Waals surface area (Å²) in [5, 5.41) is 9.59. The van der Waals surface area contributed by atoms with E-state index < -0.39 is 0 Å². The maximum Gasteiger partial charge on any atom is 0.0991 e. The number of rotatable bonds is 5. The van der Waals surface area contributed by atoms with Crippen LogP contribution in [0.1, 0.15) is 30.5 Å². The van der Waals surface area contributed by atoms with Crippen LogP contribution in [0.25, 0.3) is 67.0 Å². The van der Waals surface area contributed by atoms with E-state index >= 15 is 0 Å². The smallest absolute Gasteiger partial charge is 0.0991 e. The van der Waals surface area contributed by atoms with Crippen LogP contribution in [0.15, 0.2) is 152 Å². The summed E-state index contributed by atoms with van der Waals surface area (Å²) < 4.78 is 0. The largest absolute Gasteiger partial charge is 0.264 e. The van der Waals surface area contributed by atoms with Crippen molar-refractivity contribution in [3.63, 3.8) is 0 Å². The fourth-order valence-electron chi connectivity index (χ4n) is 6.86. The third-order valence-corrected chi connectivity index (χ3v) is 9.36. The topological polar surface area (TPSA) is 49.6 Å². The molecule has 2 heterocycles. The summed E-state index contributed by atoms with van der Waals surface area (Å²) in [7, 11) is 0. The van der Waals surface area contributed by atoms with Crippen LogP contribution in [0.2, 0.25) is 0 Å². The second-order valence-corrected chi connectivity index (χ2v) is 12.7. The van der Waals surface area contributed by atoms with E-state index in [0.717, 1.165) is 55.9 Å². The van der Waals surface area contributed by atoms with Crippen molar-refractivity contribution in [1.82, 2.24) is 9.97 Å².